The van der Waals surface area contributed by atoms with Crippen molar-refractivity contribution < 1.29 is 14.3 Å². The Balaban J connectivity index is 0.00000450. The molecule has 0 fully saturated rings. The second-order valence-electron chi connectivity index (χ2n) is 7.09. The van der Waals surface area contributed by atoms with Crippen LogP contribution in [-0.2, 0) is 17.9 Å². The maximum atomic E-state index is 11.9. The van der Waals surface area contributed by atoms with Crippen molar-refractivity contribution in [3.8, 4) is 11.5 Å². The fraction of sp³-hybridized carbons (Fsp3) is 0.364. The van der Waals surface area contributed by atoms with Gasteiger partial charge < -0.3 is 25.8 Å². The van der Waals surface area contributed by atoms with Gasteiger partial charge in [-0.3, -0.25) is 4.79 Å². The molecule has 0 spiro atoms. The Morgan fingerprint density at radius 1 is 1.07 bits per heavy atom. The molecule has 0 saturated heterocycles. The molecule has 0 bridgehead atoms. The van der Waals surface area contributed by atoms with Gasteiger partial charge in [0.15, 0.2) is 17.5 Å². The smallest absolute Gasteiger partial charge is 0.224 e. The average molecular weight is 526 g/mol. The number of halogens is 1. The van der Waals surface area contributed by atoms with Crippen molar-refractivity contribution in [3.63, 3.8) is 0 Å². The van der Waals surface area contributed by atoms with E-state index < -0.39 is 0 Å². The van der Waals surface area contributed by atoms with Crippen molar-refractivity contribution in [1.82, 2.24) is 5.32 Å². The highest BCUT2D eigenvalue weighted by Crippen LogP contribution is 2.27. The zero-order valence-corrected chi connectivity index (χ0v) is 20.2. The topological polar surface area (TPSA) is 98.0 Å². The second kappa shape index (κ2) is 12.9. The molecule has 0 aliphatic heterocycles. The number of ether oxygens (including phenoxy) is 2. The first kappa shape index (κ1) is 25.5. The summed E-state index contributed by atoms with van der Waals surface area (Å²) in [4.78, 5) is 16.3. The minimum Gasteiger partial charge on any atom is -0.493 e. The number of rotatable bonds is 9. The van der Waals surface area contributed by atoms with Crippen LogP contribution in [0.25, 0.3) is 0 Å². The molecule has 1 amide bonds. The summed E-state index contributed by atoms with van der Waals surface area (Å²) in [5, 5.41) is 6.00. The van der Waals surface area contributed by atoms with Gasteiger partial charge in [0.1, 0.15) is 0 Å². The Morgan fingerprint density at radius 3 is 2.47 bits per heavy atom. The van der Waals surface area contributed by atoms with E-state index in [-0.39, 0.29) is 29.9 Å². The maximum absolute atomic E-state index is 11.9. The van der Waals surface area contributed by atoms with Gasteiger partial charge in [0.2, 0.25) is 5.91 Å². The molecule has 2 aromatic carbocycles. The Hall–Kier alpha value is -2.49. The number of aliphatic imine (C=N–C) groups is 1. The molecule has 0 aliphatic carbocycles. The quantitative estimate of drug-likeness (QED) is 0.262. The van der Waals surface area contributed by atoms with Crippen LogP contribution in [0.4, 0.5) is 5.69 Å². The predicted molar refractivity (Wildman–Crippen MR) is 132 cm³/mol. The molecular weight excluding hydrogens is 495 g/mol. The van der Waals surface area contributed by atoms with Crippen molar-refractivity contribution in [2.45, 2.75) is 33.4 Å². The van der Waals surface area contributed by atoms with Crippen molar-refractivity contribution >= 4 is 41.5 Å². The minimum atomic E-state index is 0. The van der Waals surface area contributed by atoms with Gasteiger partial charge in [-0.2, -0.15) is 0 Å². The summed E-state index contributed by atoms with van der Waals surface area (Å²) in [5.74, 6) is 2.02. The van der Waals surface area contributed by atoms with E-state index in [1.165, 1.54) is 0 Å². The number of carbonyl (C=O) groups is 1. The SMILES string of the molecule is COc1ccc(CNC(N)=NCc2cccc(NC(=O)CC(C)C)c2)cc1OC.I. The summed E-state index contributed by atoms with van der Waals surface area (Å²) < 4.78 is 10.5. The molecule has 30 heavy (non-hydrogen) atoms. The van der Waals surface area contributed by atoms with Crippen LogP contribution in [0.2, 0.25) is 0 Å². The number of hydrogen-bond donors (Lipinski definition) is 3. The molecule has 2 aromatic rings. The van der Waals surface area contributed by atoms with E-state index in [9.17, 15) is 4.79 Å². The largest absolute Gasteiger partial charge is 0.493 e. The van der Waals surface area contributed by atoms with Gasteiger partial charge in [-0.15, -0.1) is 24.0 Å². The van der Waals surface area contributed by atoms with E-state index in [1.807, 2.05) is 56.3 Å². The van der Waals surface area contributed by atoms with Crippen molar-refractivity contribution in [3.05, 3.63) is 53.6 Å². The molecule has 0 unspecified atom stereocenters. The third-order valence-corrected chi connectivity index (χ3v) is 4.16. The van der Waals surface area contributed by atoms with Crippen LogP contribution in [-0.4, -0.2) is 26.1 Å². The molecule has 0 atom stereocenters. The van der Waals surface area contributed by atoms with E-state index in [0.29, 0.717) is 42.9 Å². The van der Waals surface area contributed by atoms with Crippen LogP contribution in [0, 0.1) is 5.92 Å². The molecule has 7 nitrogen and oxygen atoms in total. The number of carbonyl (C=O) groups excluding carboxylic acids is 1. The lowest BCUT2D eigenvalue weighted by molar-refractivity contribution is -0.116. The van der Waals surface area contributed by atoms with Gasteiger partial charge >= 0.3 is 0 Å². The van der Waals surface area contributed by atoms with Gasteiger partial charge in [0, 0.05) is 18.7 Å². The number of amides is 1. The van der Waals surface area contributed by atoms with Gasteiger partial charge in [-0.05, 0) is 41.3 Å². The zero-order chi connectivity index (χ0) is 21.2. The summed E-state index contributed by atoms with van der Waals surface area (Å²) in [6, 6.07) is 13.3. The number of guanidine groups is 1. The van der Waals surface area contributed by atoms with E-state index in [4.69, 9.17) is 15.2 Å². The summed E-state index contributed by atoms with van der Waals surface area (Å²) in [6.07, 6.45) is 0.495. The van der Waals surface area contributed by atoms with Gasteiger partial charge in [-0.25, -0.2) is 4.99 Å². The number of anilines is 1. The van der Waals surface area contributed by atoms with E-state index in [0.717, 1.165) is 16.8 Å². The highest BCUT2D eigenvalue weighted by Gasteiger charge is 2.06. The number of nitrogens with zero attached hydrogens (tertiary/aromatic N) is 1. The van der Waals surface area contributed by atoms with E-state index in [1.54, 1.807) is 14.2 Å². The molecule has 2 rings (SSSR count). The highest BCUT2D eigenvalue weighted by molar-refractivity contribution is 14.0. The van der Waals surface area contributed by atoms with E-state index in [2.05, 4.69) is 15.6 Å². The number of hydrogen-bond acceptors (Lipinski definition) is 4. The standard InChI is InChI=1S/C22H30N4O3.HI/c1-15(2)10-21(27)26-18-7-5-6-16(11-18)13-24-22(23)25-14-17-8-9-19(28-3)20(12-17)29-4;/h5-9,11-12,15H,10,13-14H2,1-4H3,(H,26,27)(H3,23,24,25);1H. The van der Waals surface area contributed by atoms with Crippen LogP contribution >= 0.6 is 24.0 Å². The lowest BCUT2D eigenvalue weighted by Crippen LogP contribution is -2.31. The predicted octanol–water partition coefficient (Wildman–Crippen LogP) is 3.91. The van der Waals surface area contributed by atoms with Crippen LogP contribution < -0.4 is 25.8 Å². The van der Waals surface area contributed by atoms with Crippen LogP contribution in [0.1, 0.15) is 31.4 Å². The lowest BCUT2D eigenvalue weighted by Gasteiger charge is -2.11. The molecular formula is C22H31IN4O3. The number of nitrogens with one attached hydrogen (secondary N) is 2. The summed E-state index contributed by atoms with van der Waals surface area (Å²) >= 11 is 0. The first-order valence-electron chi connectivity index (χ1n) is 9.54. The monoisotopic (exact) mass is 526 g/mol. The molecule has 0 heterocycles. The zero-order valence-electron chi connectivity index (χ0n) is 17.9. The second-order valence-corrected chi connectivity index (χ2v) is 7.09. The van der Waals surface area contributed by atoms with Crippen molar-refractivity contribution in [2.75, 3.05) is 19.5 Å². The Morgan fingerprint density at radius 2 is 1.80 bits per heavy atom. The Kier molecular flexibility index (Phi) is 11.0. The molecule has 0 aliphatic rings. The van der Waals surface area contributed by atoms with Crippen molar-refractivity contribution in [1.29, 1.82) is 0 Å². The van der Waals surface area contributed by atoms with Gasteiger partial charge in [-0.1, -0.05) is 32.0 Å². The molecule has 4 N–H and O–H groups in total. The first-order valence-corrected chi connectivity index (χ1v) is 9.54. The minimum absolute atomic E-state index is 0. The summed E-state index contributed by atoms with van der Waals surface area (Å²) in [5.41, 5.74) is 8.70. The summed E-state index contributed by atoms with van der Waals surface area (Å²) in [7, 11) is 3.20. The number of benzene rings is 2. The normalized spacial score (nSPS) is 10.9. The Bertz CT molecular complexity index is 856. The third kappa shape index (κ3) is 8.48. The maximum Gasteiger partial charge on any atom is 0.224 e. The van der Waals surface area contributed by atoms with Crippen LogP contribution in [0.15, 0.2) is 47.5 Å². The summed E-state index contributed by atoms with van der Waals surface area (Å²) in [6.45, 7) is 4.96. The molecule has 164 valence electrons. The third-order valence-electron chi connectivity index (χ3n) is 4.16. The van der Waals surface area contributed by atoms with Crippen molar-refractivity contribution in [2.24, 2.45) is 16.6 Å². The molecule has 8 heteroatoms. The number of methoxy groups -OCH3 is 2. The van der Waals surface area contributed by atoms with Gasteiger partial charge in [0.05, 0.1) is 20.8 Å². The Labute approximate surface area is 195 Å². The highest BCUT2D eigenvalue weighted by atomic mass is 127. The van der Waals surface area contributed by atoms with Gasteiger partial charge in [0.25, 0.3) is 0 Å². The fourth-order valence-electron chi connectivity index (χ4n) is 2.75. The fourth-order valence-corrected chi connectivity index (χ4v) is 2.75. The molecule has 0 radical (unpaired) electrons. The average Bonchev–Trinajstić information content (AvgIpc) is 2.70. The lowest BCUT2D eigenvalue weighted by atomic mass is 10.1. The van der Waals surface area contributed by atoms with E-state index >= 15 is 0 Å². The first-order chi connectivity index (χ1) is 13.9. The van der Waals surface area contributed by atoms with Crippen LogP contribution in [0.5, 0.6) is 11.5 Å². The molecule has 0 saturated carbocycles. The van der Waals surface area contributed by atoms with Crippen LogP contribution in [0.3, 0.4) is 0 Å². The number of nitrogens with two attached hydrogens (primary N) is 1. The molecule has 0 aromatic heterocycles.